The van der Waals surface area contributed by atoms with Gasteiger partial charge in [-0.15, -0.1) is 5.92 Å². The van der Waals surface area contributed by atoms with Crippen LogP contribution in [0.5, 0.6) is 0 Å². The van der Waals surface area contributed by atoms with Gasteiger partial charge in [0.25, 0.3) is 0 Å². The Morgan fingerprint density at radius 1 is 1.54 bits per heavy atom. The van der Waals surface area contributed by atoms with Gasteiger partial charge in [-0.1, -0.05) is 19.4 Å². The van der Waals surface area contributed by atoms with Crippen molar-refractivity contribution in [2.24, 2.45) is 0 Å². The lowest BCUT2D eigenvalue weighted by atomic mass is 10.1. The second kappa shape index (κ2) is 6.45. The van der Waals surface area contributed by atoms with E-state index in [4.69, 9.17) is 4.74 Å². The zero-order valence-corrected chi connectivity index (χ0v) is 8.52. The summed E-state index contributed by atoms with van der Waals surface area (Å²) in [6.07, 6.45) is 0.330. The Hall–Kier alpha value is -1.07. The quantitative estimate of drug-likeness (QED) is 0.488. The number of carbonyl (C=O) groups is 1. The molecular formula is C11H16O2. The van der Waals surface area contributed by atoms with Crippen LogP contribution < -0.4 is 0 Å². The average molecular weight is 180 g/mol. The molecule has 0 amide bonds. The molecule has 1 atom stereocenters. The molecule has 0 bridgehead atoms. The van der Waals surface area contributed by atoms with Crippen LogP contribution >= 0.6 is 0 Å². The Kier molecular flexibility index (Phi) is 5.92. The SMILES string of the molecule is C=C(C(C)=O)C(C#CCC)OCC. The lowest BCUT2D eigenvalue weighted by molar-refractivity contribution is -0.114. The number of ketones is 1. The third kappa shape index (κ3) is 4.49. The smallest absolute Gasteiger partial charge is 0.158 e. The number of rotatable bonds is 4. The molecule has 0 radical (unpaired) electrons. The highest BCUT2D eigenvalue weighted by molar-refractivity contribution is 5.94. The maximum atomic E-state index is 11.0. The van der Waals surface area contributed by atoms with Crippen LogP contribution in [0.3, 0.4) is 0 Å². The summed E-state index contributed by atoms with van der Waals surface area (Å²) in [7, 11) is 0. The fraction of sp³-hybridized carbons (Fsp3) is 0.545. The molecule has 0 rings (SSSR count). The molecule has 2 heteroatoms. The first-order chi connectivity index (χ1) is 6.13. The van der Waals surface area contributed by atoms with Crippen molar-refractivity contribution in [1.82, 2.24) is 0 Å². The Balaban J connectivity index is 4.41. The zero-order chi connectivity index (χ0) is 10.3. The van der Waals surface area contributed by atoms with Crippen molar-refractivity contribution < 1.29 is 9.53 Å². The van der Waals surface area contributed by atoms with Crippen LogP contribution in [0.2, 0.25) is 0 Å². The van der Waals surface area contributed by atoms with E-state index in [1.165, 1.54) is 6.92 Å². The minimum Gasteiger partial charge on any atom is -0.361 e. The van der Waals surface area contributed by atoms with Crippen molar-refractivity contribution in [3.8, 4) is 11.8 Å². The van der Waals surface area contributed by atoms with Gasteiger partial charge >= 0.3 is 0 Å². The predicted octanol–water partition coefficient (Wildman–Crippen LogP) is 1.95. The van der Waals surface area contributed by atoms with E-state index in [0.717, 1.165) is 6.42 Å². The zero-order valence-electron chi connectivity index (χ0n) is 8.52. The van der Waals surface area contributed by atoms with E-state index < -0.39 is 6.10 Å². The van der Waals surface area contributed by atoms with E-state index in [1.807, 2.05) is 13.8 Å². The Morgan fingerprint density at radius 2 is 2.15 bits per heavy atom. The fourth-order valence-electron chi connectivity index (χ4n) is 0.775. The molecule has 0 aliphatic carbocycles. The maximum Gasteiger partial charge on any atom is 0.158 e. The van der Waals surface area contributed by atoms with E-state index in [-0.39, 0.29) is 5.78 Å². The molecule has 0 aliphatic rings. The first-order valence-corrected chi connectivity index (χ1v) is 4.43. The summed E-state index contributed by atoms with van der Waals surface area (Å²) in [6, 6.07) is 0. The summed E-state index contributed by atoms with van der Waals surface area (Å²) in [6.45, 7) is 9.48. The number of Topliss-reactive ketones (excluding diaryl/α,β-unsaturated/α-hetero) is 1. The highest BCUT2D eigenvalue weighted by atomic mass is 16.5. The molecule has 0 saturated heterocycles. The number of hydrogen-bond donors (Lipinski definition) is 0. The molecule has 0 aromatic rings. The van der Waals surface area contributed by atoms with E-state index in [2.05, 4.69) is 18.4 Å². The topological polar surface area (TPSA) is 26.3 Å². The standard InChI is InChI=1S/C11H16O2/c1-5-7-8-11(13-6-2)9(3)10(4)12/h11H,3,5-6H2,1-2,4H3. The Morgan fingerprint density at radius 3 is 2.54 bits per heavy atom. The Bertz CT molecular complexity index is 243. The molecule has 0 aromatic heterocycles. The van der Waals surface area contributed by atoms with Gasteiger partial charge in [0.05, 0.1) is 0 Å². The van der Waals surface area contributed by atoms with Crippen molar-refractivity contribution in [1.29, 1.82) is 0 Å². The molecule has 0 saturated carbocycles. The second-order valence-electron chi connectivity index (χ2n) is 2.59. The monoisotopic (exact) mass is 180 g/mol. The molecule has 0 N–H and O–H groups in total. The van der Waals surface area contributed by atoms with Crippen LogP contribution in [0.4, 0.5) is 0 Å². The summed E-state index contributed by atoms with van der Waals surface area (Å²) in [5.74, 6) is 5.67. The van der Waals surface area contributed by atoms with Gasteiger partial charge in [-0.25, -0.2) is 0 Å². The molecule has 0 heterocycles. The van der Waals surface area contributed by atoms with E-state index in [1.54, 1.807) is 0 Å². The first-order valence-electron chi connectivity index (χ1n) is 4.43. The highest BCUT2D eigenvalue weighted by Gasteiger charge is 2.12. The summed E-state index contributed by atoms with van der Waals surface area (Å²) in [4.78, 5) is 11.0. The summed E-state index contributed by atoms with van der Waals surface area (Å²) in [5, 5.41) is 0. The van der Waals surface area contributed by atoms with Crippen molar-refractivity contribution in [2.45, 2.75) is 33.3 Å². The van der Waals surface area contributed by atoms with Gasteiger partial charge in [0.15, 0.2) is 5.78 Å². The highest BCUT2D eigenvalue weighted by Crippen LogP contribution is 2.04. The number of hydrogen-bond acceptors (Lipinski definition) is 2. The molecule has 0 spiro atoms. The van der Waals surface area contributed by atoms with Crippen molar-refractivity contribution >= 4 is 5.78 Å². The van der Waals surface area contributed by atoms with E-state index >= 15 is 0 Å². The molecule has 13 heavy (non-hydrogen) atoms. The van der Waals surface area contributed by atoms with Crippen LogP contribution in [0, 0.1) is 11.8 Å². The summed E-state index contributed by atoms with van der Waals surface area (Å²) in [5.41, 5.74) is 0.433. The molecule has 0 aliphatic heterocycles. The van der Waals surface area contributed by atoms with Gasteiger partial charge in [-0.2, -0.15) is 0 Å². The molecule has 72 valence electrons. The first kappa shape index (κ1) is 11.9. The molecule has 1 unspecified atom stereocenters. The van der Waals surface area contributed by atoms with Crippen molar-refractivity contribution in [2.75, 3.05) is 6.61 Å². The number of carbonyl (C=O) groups excluding carboxylic acids is 1. The third-order valence-electron chi connectivity index (χ3n) is 1.51. The maximum absolute atomic E-state index is 11.0. The molecular weight excluding hydrogens is 164 g/mol. The predicted molar refractivity (Wildman–Crippen MR) is 53.3 cm³/mol. The van der Waals surface area contributed by atoms with E-state index in [0.29, 0.717) is 12.2 Å². The largest absolute Gasteiger partial charge is 0.361 e. The minimum atomic E-state index is -0.428. The van der Waals surface area contributed by atoms with Crippen molar-refractivity contribution in [3.63, 3.8) is 0 Å². The van der Waals surface area contributed by atoms with Gasteiger partial charge in [-0.3, -0.25) is 4.79 Å². The van der Waals surface area contributed by atoms with Crippen LogP contribution in [0.25, 0.3) is 0 Å². The second-order valence-corrected chi connectivity index (χ2v) is 2.59. The Labute approximate surface area is 80.0 Å². The molecule has 0 fully saturated rings. The minimum absolute atomic E-state index is 0.0659. The van der Waals surface area contributed by atoms with Gasteiger partial charge in [0, 0.05) is 18.6 Å². The van der Waals surface area contributed by atoms with Crippen LogP contribution in [0.1, 0.15) is 27.2 Å². The van der Waals surface area contributed by atoms with Gasteiger partial charge in [0.2, 0.25) is 0 Å². The van der Waals surface area contributed by atoms with Gasteiger partial charge in [0.1, 0.15) is 6.10 Å². The molecule has 2 nitrogen and oxygen atoms in total. The third-order valence-corrected chi connectivity index (χ3v) is 1.51. The number of ether oxygens (including phenoxy) is 1. The van der Waals surface area contributed by atoms with Crippen LogP contribution in [-0.4, -0.2) is 18.5 Å². The normalized spacial score (nSPS) is 11.3. The van der Waals surface area contributed by atoms with Crippen LogP contribution in [-0.2, 0) is 9.53 Å². The van der Waals surface area contributed by atoms with Crippen LogP contribution in [0.15, 0.2) is 12.2 Å². The average Bonchev–Trinajstić information content (AvgIpc) is 2.11. The van der Waals surface area contributed by atoms with Gasteiger partial charge in [-0.05, 0) is 13.8 Å². The lowest BCUT2D eigenvalue weighted by Gasteiger charge is -2.10. The lowest BCUT2D eigenvalue weighted by Crippen LogP contribution is -2.17. The molecule has 0 aromatic carbocycles. The van der Waals surface area contributed by atoms with E-state index in [9.17, 15) is 4.79 Å². The summed E-state index contributed by atoms with van der Waals surface area (Å²) >= 11 is 0. The summed E-state index contributed by atoms with van der Waals surface area (Å²) < 4.78 is 5.27. The fourth-order valence-corrected chi connectivity index (χ4v) is 0.775. The van der Waals surface area contributed by atoms with Gasteiger partial charge < -0.3 is 4.74 Å². The van der Waals surface area contributed by atoms with Crippen molar-refractivity contribution in [3.05, 3.63) is 12.2 Å².